The van der Waals surface area contributed by atoms with Crippen molar-refractivity contribution in [2.24, 2.45) is 5.92 Å². The molecule has 1 unspecified atom stereocenters. The fourth-order valence-electron chi connectivity index (χ4n) is 2.82. The van der Waals surface area contributed by atoms with Gasteiger partial charge in [0.05, 0.1) is 12.7 Å². The molecule has 1 amide bonds. The summed E-state index contributed by atoms with van der Waals surface area (Å²) in [5.74, 6) is 1.08. The van der Waals surface area contributed by atoms with Gasteiger partial charge in [-0.3, -0.25) is 10.1 Å². The molecule has 86 valence electrons. The molecule has 2 fully saturated rings. The van der Waals surface area contributed by atoms with Gasteiger partial charge in [0.15, 0.2) is 0 Å². The molecular weight excluding hydrogens is 188 g/mol. The Kier molecular flexibility index (Phi) is 3.62. The highest BCUT2D eigenvalue weighted by atomic mass is 16.2. The standard InChI is InChI=1S/C12H22N2O/c1-2-5-11-13-8-12(15)14(11)9-10-6-3-4-7-10/h10-11,13H,2-9H2,1H3. The Labute approximate surface area is 92.2 Å². The molecule has 2 aliphatic rings. The van der Waals surface area contributed by atoms with E-state index in [2.05, 4.69) is 17.1 Å². The molecule has 1 N–H and O–H groups in total. The lowest BCUT2D eigenvalue weighted by Crippen LogP contribution is -2.39. The van der Waals surface area contributed by atoms with E-state index in [0.717, 1.165) is 25.3 Å². The summed E-state index contributed by atoms with van der Waals surface area (Å²) in [7, 11) is 0. The van der Waals surface area contributed by atoms with Crippen molar-refractivity contribution in [3.05, 3.63) is 0 Å². The summed E-state index contributed by atoms with van der Waals surface area (Å²) >= 11 is 0. The lowest BCUT2D eigenvalue weighted by molar-refractivity contribution is -0.128. The average molecular weight is 210 g/mol. The van der Waals surface area contributed by atoms with E-state index in [0.29, 0.717) is 18.6 Å². The molecule has 1 atom stereocenters. The molecular formula is C12H22N2O. The summed E-state index contributed by atoms with van der Waals surface area (Å²) in [4.78, 5) is 13.8. The quantitative estimate of drug-likeness (QED) is 0.766. The van der Waals surface area contributed by atoms with Gasteiger partial charge in [0, 0.05) is 6.54 Å². The topological polar surface area (TPSA) is 32.3 Å². The predicted molar refractivity (Wildman–Crippen MR) is 60.4 cm³/mol. The van der Waals surface area contributed by atoms with Gasteiger partial charge < -0.3 is 4.90 Å². The second-order valence-electron chi connectivity index (χ2n) is 4.88. The van der Waals surface area contributed by atoms with Crippen LogP contribution in [-0.2, 0) is 4.79 Å². The first-order chi connectivity index (χ1) is 7.31. The van der Waals surface area contributed by atoms with Crippen LogP contribution in [0, 0.1) is 5.92 Å². The average Bonchev–Trinajstić information content (AvgIpc) is 2.83. The van der Waals surface area contributed by atoms with Crippen molar-refractivity contribution in [3.63, 3.8) is 0 Å². The summed E-state index contributed by atoms with van der Waals surface area (Å²) in [6.45, 7) is 3.73. The lowest BCUT2D eigenvalue weighted by atomic mass is 10.1. The Balaban J connectivity index is 1.88. The molecule has 0 bridgehead atoms. The second kappa shape index (κ2) is 4.97. The van der Waals surface area contributed by atoms with Crippen molar-refractivity contribution in [2.45, 2.75) is 51.6 Å². The molecule has 2 rings (SSSR count). The SMILES string of the molecule is CCCC1NCC(=O)N1CC1CCCC1. The first-order valence-electron chi connectivity index (χ1n) is 6.34. The number of carbonyl (C=O) groups excluding carboxylic acids is 1. The molecule has 0 spiro atoms. The van der Waals surface area contributed by atoms with E-state index in [9.17, 15) is 4.79 Å². The van der Waals surface area contributed by atoms with Crippen LogP contribution in [0.2, 0.25) is 0 Å². The minimum absolute atomic E-state index is 0.306. The molecule has 1 aliphatic carbocycles. The van der Waals surface area contributed by atoms with Gasteiger partial charge in [-0.05, 0) is 25.2 Å². The van der Waals surface area contributed by atoms with E-state index in [-0.39, 0.29) is 0 Å². The number of nitrogens with one attached hydrogen (secondary N) is 1. The maximum absolute atomic E-state index is 11.7. The fraction of sp³-hybridized carbons (Fsp3) is 0.917. The van der Waals surface area contributed by atoms with Crippen LogP contribution in [0.4, 0.5) is 0 Å². The van der Waals surface area contributed by atoms with E-state index >= 15 is 0 Å². The third-order valence-electron chi connectivity index (χ3n) is 3.68. The fourth-order valence-corrected chi connectivity index (χ4v) is 2.82. The van der Waals surface area contributed by atoms with Gasteiger partial charge in [-0.1, -0.05) is 26.2 Å². The highest BCUT2D eigenvalue weighted by Crippen LogP contribution is 2.27. The summed E-state index contributed by atoms with van der Waals surface area (Å²) in [5.41, 5.74) is 0. The van der Waals surface area contributed by atoms with Crippen LogP contribution in [0.5, 0.6) is 0 Å². The van der Waals surface area contributed by atoms with E-state index in [1.165, 1.54) is 25.7 Å². The molecule has 0 aromatic heterocycles. The van der Waals surface area contributed by atoms with Gasteiger partial charge in [-0.15, -0.1) is 0 Å². The van der Waals surface area contributed by atoms with Gasteiger partial charge >= 0.3 is 0 Å². The van der Waals surface area contributed by atoms with Gasteiger partial charge in [0.1, 0.15) is 0 Å². The van der Waals surface area contributed by atoms with Gasteiger partial charge in [-0.25, -0.2) is 0 Å². The molecule has 1 saturated heterocycles. The number of nitrogens with zero attached hydrogens (tertiary/aromatic N) is 1. The molecule has 3 nitrogen and oxygen atoms in total. The third kappa shape index (κ3) is 2.51. The Hall–Kier alpha value is -0.570. The normalized spacial score (nSPS) is 27.9. The Morgan fingerprint density at radius 2 is 2.13 bits per heavy atom. The maximum atomic E-state index is 11.7. The Morgan fingerprint density at radius 1 is 1.40 bits per heavy atom. The van der Waals surface area contributed by atoms with Gasteiger partial charge in [-0.2, -0.15) is 0 Å². The van der Waals surface area contributed by atoms with E-state index < -0.39 is 0 Å². The largest absolute Gasteiger partial charge is 0.326 e. The highest BCUT2D eigenvalue weighted by molar-refractivity contribution is 5.80. The van der Waals surface area contributed by atoms with Crippen LogP contribution in [0.1, 0.15) is 45.4 Å². The van der Waals surface area contributed by atoms with E-state index in [1.54, 1.807) is 0 Å². The molecule has 3 heteroatoms. The number of hydrogen-bond donors (Lipinski definition) is 1. The molecule has 1 aliphatic heterocycles. The summed E-state index contributed by atoms with van der Waals surface area (Å²) < 4.78 is 0. The number of rotatable bonds is 4. The molecule has 1 saturated carbocycles. The summed E-state index contributed by atoms with van der Waals surface area (Å²) in [6.07, 6.45) is 7.93. The first kappa shape index (κ1) is 10.9. The van der Waals surface area contributed by atoms with Crippen molar-refractivity contribution in [1.82, 2.24) is 10.2 Å². The van der Waals surface area contributed by atoms with Crippen molar-refractivity contribution < 1.29 is 4.79 Å². The van der Waals surface area contributed by atoms with Crippen LogP contribution in [0.3, 0.4) is 0 Å². The van der Waals surface area contributed by atoms with Crippen LogP contribution in [-0.4, -0.2) is 30.1 Å². The van der Waals surface area contributed by atoms with E-state index in [1.807, 2.05) is 0 Å². The molecule has 1 heterocycles. The maximum Gasteiger partial charge on any atom is 0.237 e. The van der Waals surface area contributed by atoms with Crippen molar-refractivity contribution in [3.8, 4) is 0 Å². The molecule has 0 radical (unpaired) electrons. The van der Waals surface area contributed by atoms with Gasteiger partial charge in [0.2, 0.25) is 5.91 Å². The van der Waals surface area contributed by atoms with Crippen LogP contribution < -0.4 is 5.32 Å². The lowest BCUT2D eigenvalue weighted by Gasteiger charge is -2.26. The zero-order chi connectivity index (χ0) is 10.7. The number of carbonyl (C=O) groups is 1. The van der Waals surface area contributed by atoms with Crippen LogP contribution in [0.25, 0.3) is 0 Å². The Bertz CT molecular complexity index is 224. The first-order valence-corrected chi connectivity index (χ1v) is 6.34. The zero-order valence-electron chi connectivity index (χ0n) is 9.67. The molecule has 15 heavy (non-hydrogen) atoms. The van der Waals surface area contributed by atoms with E-state index in [4.69, 9.17) is 0 Å². The van der Waals surface area contributed by atoms with Gasteiger partial charge in [0.25, 0.3) is 0 Å². The van der Waals surface area contributed by atoms with Crippen molar-refractivity contribution in [1.29, 1.82) is 0 Å². The smallest absolute Gasteiger partial charge is 0.237 e. The zero-order valence-corrected chi connectivity index (χ0v) is 9.67. The minimum Gasteiger partial charge on any atom is -0.326 e. The monoisotopic (exact) mass is 210 g/mol. The van der Waals surface area contributed by atoms with Crippen LogP contribution in [0.15, 0.2) is 0 Å². The minimum atomic E-state index is 0.306. The van der Waals surface area contributed by atoms with Crippen LogP contribution >= 0.6 is 0 Å². The summed E-state index contributed by atoms with van der Waals surface area (Å²) in [5, 5.41) is 3.31. The predicted octanol–water partition coefficient (Wildman–Crippen LogP) is 1.73. The number of hydrogen-bond acceptors (Lipinski definition) is 2. The third-order valence-corrected chi connectivity index (χ3v) is 3.68. The van der Waals surface area contributed by atoms with Crippen molar-refractivity contribution >= 4 is 5.91 Å². The Morgan fingerprint density at radius 3 is 2.80 bits per heavy atom. The molecule has 0 aromatic carbocycles. The number of amides is 1. The summed E-state index contributed by atoms with van der Waals surface area (Å²) in [6, 6.07) is 0. The molecule has 0 aromatic rings. The highest BCUT2D eigenvalue weighted by Gasteiger charge is 2.31. The second-order valence-corrected chi connectivity index (χ2v) is 4.88. The van der Waals surface area contributed by atoms with Crippen molar-refractivity contribution in [2.75, 3.05) is 13.1 Å².